The molecule has 0 aliphatic carbocycles. The Balaban J connectivity index is 2.24. The largest absolute Gasteiger partial charge is 0.463 e. The number of methoxy groups -OCH3 is 6. The van der Waals surface area contributed by atoms with Gasteiger partial charge in [-0.05, 0) is 0 Å². The third-order valence-electron chi connectivity index (χ3n) is 5.63. The van der Waals surface area contributed by atoms with Gasteiger partial charge in [0, 0.05) is 49.6 Å². The summed E-state index contributed by atoms with van der Waals surface area (Å²) in [6.45, 7) is 1.38. The van der Waals surface area contributed by atoms with Crippen LogP contribution in [0.1, 0.15) is 6.92 Å². The molecular formula is C20H36O12. The highest BCUT2D eigenvalue weighted by atomic mass is 16.8. The summed E-state index contributed by atoms with van der Waals surface area (Å²) in [7, 11) is 9.03. The molecule has 0 amide bonds. The number of aliphatic hydroxyl groups excluding tert-OH is 1. The third-order valence-corrected chi connectivity index (χ3v) is 5.63. The predicted molar refractivity (Wildman–Crippen MR) is 107 cm³/mol. The standard InChI is InChI=1S/C20H36O12/c1-10(21)29-9-12-14(25-4)15(26-5)17(19(22)30-12)32-20-18(28-7)16(27-6)13(24-3)11(31-20)8-23-2/h11-20,22H,8-9H2,1-7H3/t11-,12-,13+,14-,15+,16+,17-,18-,19+,20+/m1/s1. The molecule has 12 nitrogen and oxygen atoms in total. The average Bonchev–Trinajstić information content (AvgIpc) is 2.78. The van der Waals surface area contributed by atoms with Crippen molar-refractivity contribution >= 4 is 5.97 Å². The predicted octanol–water partition coefficient (Wildman–Crippen LogP) is -0.902. The minimum absolute atomic E-state index is 0.116. The highest BCUT2D eigenvalue weighted by Crippen LogP contribution is 2.33. The minimum Gasteiger partial charge on any atom is -0.463 e. The summed E-state index contributed by atoms with van der Waals surface area (Å²) in [6.07, 6.45) is -7.87. The van der Waals surface area contributed by atoms with Crippen molar-refractivity contribution in [2.24, 2.45) is 0 Å². The first-order valence-corrected chi connectivity index (χ1v) is 10.3. The van der Waals surface area contributed by atoms with Crippen molar-refractivity contribution in [2.45, 2.75) is 68.3 Å². The van der Waals surface area contributed by atoms with Crippen LogP contribution in [0.15, 0.2) is 0 Å². The van der Waals surface area contributed by atoms with Gasteiger partial charge in [-0.15, -0.1) is 0 Å². The Morgan fingerprint density at radius 3 is 1.69 bits per heavy atom. The first-order chi connectivity index (χ1) is 15.4. The molecule has 0 spiro atoms. The maximum absolute atomic E-state index is 11.2. The first kappa shape index (κ1) is 27.3. The van der Waals surface area contributed by atoms with Crippen molar-refractivity contribution in [3.8, 4) is 0 Å². The van der Waals surface area contributed by atoms with Crippen LogP contribution in [0.4, 0.5) is 0 Å². The zero-order valence-corrected chi connectivity index (χ0v) is 19.6. The summed E-state index contributed by atoms with van der Waals surface area (Å²) in [5.74, 6) is -0.480. The number of carbonyl (C=O) groups excluding carboxylic acids is 1. The number of aliphatic hydroxyl groups is 1. The monoisotopic (exact) mass is 468 g/mol. The molecule has 0 aromatic carbocycles. The highest BCUT2D eigenvalue weighted by Gasteiger charge is 2.53. The number of rotatable bonds is 11. The molecule has 0 unspecified atom stereocenters. The van der Waals surface area contributed by atoms with Gasteiger partial charge in [0.1, 0.15) is 55.4 Å². The van der Waals surface area contributed by atoms with E-state index in [2.05, 4.69) is 0 Å². The van der Waals surface area contributed by atoms with Crippen molar-refractivity contribution in [2.75, 3.05) is 55.9 Å². The van der Waals surface area contributed by atoms with Gasteiger partial charge < -0.3 is 52.5 Å². The molecule has 2 heterocycles. The van der Waals surface area contributed by atoms with E-state index in [9.17, 15) is 9.90 Å². The molecule has 10 atom stereocenters. The minimum atomic E-state index is -1.42. The van der Waals surface area contributed by atoms with Gasteiger partial charge >= 0.3 is 5.97 Å². The summed E-state index contributed by atoms with van der Waals surface area (Å²) in [5.41, 5.74) is 0. The summed E-state index contributed by atoms with van der Waals surface area (Å²) in [6, 6.07) is 0. The fraction of sp³-hybridized carbons (Fsp3) is 0.950. The van der Waals surface area contributed by atoms with Gasteiger partial charge in [0.25, 0.3) is 0 Å². The molecule has 32 heavy (non-hydrogen) atoms. The van der Waals surface area contributed by atoms with Crippen molar-refractivity contribution in [1.82, 2.24) is 0 Å². The Hall–Kier alpha value is -0.930. The number of ether oxygens (including phenoxy) is 10. The van der Waals surface area contributed by atoms with E-state index < -0.39 is 67.4 Å². The fourth-order valence-corrected chi connectivity index (χ4v) is 4.17. The Labute approximate surface area is 188 Å². The lowest BCUT2D eigenvalue weighted by Crippen LogP contribution is -2.65. The van der Waals surface area contributed by atoms with E-state index in [1.807, 2.05) is 0 Å². The summed E-state index contributed by atoms with van der Waals surface area (Å²) < 4.78 is 56.0. The van der Waals surface area contributed by atoms with E-state index in [-0.39, 0.29) is 13.2 Å². The zero-order chi connectivity index (χ0) is 23.8. The Kier molecular flexibility index (Phi) is 11.2. The van der Waals surface area contributed by atoms with Gasteiger partial charge in [0.2, 0.25) is 0 Å². The van der Waals surface area contributed by atoms with Crippen molar-refractivity contribution in [3.05, 3.63) is 0 Å². The van der Waals surface area contributed by atoms with Crippen LogP contribution < -0.4 is 0 Å². The molecule has 2 aliphatic rings. The maximum Gasteiger partial charge on any atom is 0.302 e. The quantitative estimate of drug-likeness (QED) is 0.377. The zero-order valence-electron chi connectivity index (χ0n) is 19.6. The Bertz CT molecular complexity index is 563. The topological polar surface area (TPSA) is 130 Å². The van der Waals surface area contributed by atoms with Crippen LogP contribution in [-0.4, -0.2) is 128 Å². The van der Waals surface area contributed by atoms with Gasteiger partial charge in [-0.2, -0.15) is 0 Å². The summed E-state index contributed by atoms with van der Waals surface area (Å²) >= 11 is 0. The number of carbonyl (C=O) groups is 1. The van der Waals surface area contributed by atoms with Gasteiger partial charge in [0.05, 0.1) is 6.61 Å². The van der Waals surface area contributed by atoms with E-state index in [1.54, 1.807) is 14.2 Å². The summed E-state index contributed by atoms with van der Waals surface area (Å²) in [5, 5.41) is 10.7. The molecule has 1 N–H and O–H groups in total. The normalized spacial score (nSPS) is 40.2. The number of hydrogen-bond acceptors (Lipinski definition) is 12. The van der Waals surface area contributed by atoms with Crippen molar-refractivity contribution in [3.63, 3.8) is 0 Å². The number of hydrogen-bond donors (Lipinski definition) is 1. The fourth-order valence-electron chi connectivity index (χ4n) is 4.17. The third kappa shape index (κ3) is 6.14. The average molecular weight is 468 g/mol. The Morgan fingerprint density at radius 1 is 0.719 bits per heavy atom. The Morgan fingerprint density at radius 2 is 1.22 bits per heavy atom. The van der Waals surface area contributed by atoms with Crippen LogP contribution in [0.2, 0.25) is 0 Å². The van der Waals surface area contributed by atoms with Gasteiger partial charge in [0.15, 0.2) is 12.6 Å². The van der Waals surface area contributed by atoms with E-state index in [4.69, 9.17) is 47.4 Å². The van der Waals surface area contributed by atoms with Crippen LogP contribution in [0.25, 0.3) is 0 Å². The van der Waals surface area contributed by atoms with E-state index in [0.29, 0.717) is 0 Å². The van der Waals surface area contributed by atoms with Crippen LogP contribution in [0, 0.1) is 0 Å². The molecule has 0 bridgehead atoms. The molecule has 0 aromatic heterocycles. The van der Waals surface area contributed by atoms with Crippen LogP contribution in [0.3, 0.4) is 0 Å². The van der Waals surface area contributed by atoms with Crippen molar-refractivity contribution in [1.29, 1.82) is 0 Å². The molecule has 2 fully saturated rings. The van der Waals surface area contributed by atoms with Crippen LogP contribution in [0.5, 0.6) is 0 Å². The molecule has 0 saturated carbocycles. The van der Waals surface area contributed by atoms with Gasteiger partial charge in [-0.3, -0.25) is 4.79 Å². The molecule has 2 aliphatic heterocycles. The molecule has 2 saturated heterocycles. The molecule has 0 aromatic rings. The van der Waals surface area contributed by atoms with E-state index >= 15 is 0 Å². The van der Waals surface area contributed by atoms with Gasteiger partial charge in [-0.1, -0.05) is 0 Å². The second-order valence-corrected chi connectivity index (χ2v) is 7.47. The molecule has 0 radical (unpaired) electrons. The van der Waals surface area contributed by atoms with Crippen LogP contribution >= 0.6 is 0 Å². The smallest absolute Gasteiger partial charge is 0.302 e. The van der Waals surface area contributed by atoms with Crippen molar-refractivity contribution < 1.29 is 57.3 Å². The number of esters is 1. The second kappa shape index (κ2) is 13.1. The molecule has 12 heteroatoms. The van der Waals surface area contributed by atoms with E-state index in [1.165, 1.54) is 35.4 Å². The lowest BCUT2D eigenvalue weighted by molar-refractivity contribution is -0.369. The van der Waals surface area contributed by atoms with E-state index in [0.717, 1.165) is 0 Å². The second-order valence-electron chi connectivity index (χ2n) is 7.47. The highest BCUT2D eigenvalue weighted by molar-refractivity contribution is 5.65. The lowest BCUT2D eigenvalue weighted by Gasteiger charge is -2.48. The molecular weight excluding hydrogens is 432 g/mol. The summed E-state index contributed by atoms with van der Waals surface area (Å²) in [4.78, 5) is 11.2. The van der Waals surface area contributed by atoms with Gasteiger partial charge in [-0.25, -0.2) is 0 Å². The molecule has 2 rings (SSSR count). The van der Waals surface area contributed by atoms with Crippen LogP contribution in [-0.2, 0) is 52.2 Å². The lowest BCUT2D eigenvalue weighted by atomic mass is 9.96. The SMILES string of the molecule is COC[C@H]1O[C@@H](O[C@@H]2[C@@H](OC)[C@H](OC)[C@@H](COC(C)=O)O[C@@H]2O)[C@H](OC)[C@@H](OC)[C@H]1OC. The first-order valence-electron chi connectivity index (χ1n) is 10.3. The maximum atomic E-state index is 11.2. The molecule has 188 valence electrons.